The van der Waals surface area contributed by atoms with Gasteiger partial charge in [0.15, 0.2) is 17.2 Å². The highest BCUT2D eigenvalue weighted by molar-refractivity contribution is 7.09. The largest absolute Gasteiger partial charge is 0.379 e. The number of thiazole rings is 1. The zero-order valence-corrected chi connectivity index (χ0v) is 16.0. The van der Waals surface area contributed by atoms with Gasteiger partial charge in [0.25, 0.3) is 5.91 Å². The SMILES string of the molecule is Cc1ncsc1CCNC[C@]1(O)CCCN(Cc2ccc(F)c(F)c2)C1=O. The van der Waals surface area contributed by atoms with E-state index in [0.29, 0.717) is 31.5 Å². The summed E-state index contributed by atoms with van der Waals surface area (Å²) in [4.78, 5) is 19.6. The van der Waals surface area contributed by atoms with Crippen molar-refractivity contribution in [3.63, 3.8) is 0 Å². The van der Waals surface area contributed by atoms with Crippen LogP contribution in [0.5, 0.6) is 0 Å². The van der Waals surface area contributed by atoms with Crippen LogP contribution in [-0.2, 0) is 17.8 Å². The third-order valence-electron chi connectivity index (χ3n) is 4.85. The predicted octanol–water partition coefficient (Wildman–Crippen LogP) is 2.42. The Hall–Kier alpha value is -1.90. The second-order valence-electron chi connectivity index (χ2n) is 6.90. The zero-order valence-electron chi connectivity index (χ0n) is 15.2. The van der Waals surface area contributed by atoms with Crippen LogP contribution in [0.4, 0.5) is 8.78 Å². The number of carbonyl (C=O) groups excluding carboxylic acids is 1. The van der Waals surface area contributed by atoms with E-state index in [4.69, 9.17) is 0 Å². The van der Waals surface area contributed by atoms with Crippen LogP contribution in [0.1, 0.15) is 29.0 Å². The summed E-state index contributed by atoms with van der Waals surface area (Å²) >= 11 is 1.59. The Morgan fingerprint density at radius 1 is 1.37 bits per heavy atom. The number of aryl methyl sites for hydroxylation is 1. The molecule has 2 N–H and O–H groups in total. The Morgan fingerprint density at radius 3 is 2.89 bits per heavy atom. The first-order valence-electron chi connectivity index (χ1n) is 8.94. The summed E-state index contributed by atoms with van der Waals surface area (Å²) < 4.78 is 26.5. The summed E-state index contributed by atoms with van der Waals surface area (Å²) in [7, 11) is 0. The normalized spacial score (nSPS) is 20.3. The highest BCUT2D eigenvalue weighted by Crippen LogP contribution is 2.24. The number of rotatable bonds is 7. The number of nitrogens with zero attached hydrogens (tertiary/aromatic N) is 2. The van der Waals surface area contributed by atoms with Crippen molar-refractivity contribution < 1.29 is 18.7 Å². The van der Waals surface area contributed by atoms with Crippen molar-refractivity contribution in [1.82, 2.24) is 15.2 Å². The van der Waals surface area contributed by atoms with Crippen molar-refractivity contribution in [2.24, 2.45) is 0 Å². The van der Waals surface area contributed by atoms with Gasteiger partial charge in [-0.2, -0.15) is 0 Å². The molecule has 8 heteroatoms. The van der Waals surface area contributed by atoms with E-state index >= 15 is 0 Å². The lowest BCUT2D eigenvalue weighted by Crippen LogP contribution is -2.57. The molecule has 2 heterocycles. The smallest absolute Gasteiger partial charge is 0.256 e. The predicted molar refractivity (Wildman–Crippen MR) is 99.4 cm³/mol. The Balaban J connectivity index is 1.55. The van der Waals surface area contributed by atoms with Crippen molar-refractivity contribution in [1.29, 1.82) is 0 Å². The van der Waals surface area contributed by atoms with Gasteiger partial charge in [0, 0.05) is 31.1 Å². The van der Waals surface area contributed by atoms with Crippen LogP contribution in [0.15, 0.2) is 23.7 Å². The lowest BCUT2D eigenvalue weighted by Gasteiger charge is -2.38. The van der Waals surface area contributed by atoms with E-state index in [-0.39, 0.29) is 19.0 Å². The number of piperidine rings is 1. The maximum absolute atomic E-state index is 13.4. The van der Waals surface area contributed by atoms with Crippen LogP contribution in [-0.4, -0.2) is 46.1 Å². The molecule has 1 atom stereocenters. The summed E-state index contributed by atoms with van der Waals surface area (Å²) in [5, 5.41) is 14.0. The van der Waals surface area contributed by atoms with Crippen LogP contribution in [0.3, 0.4) is 0 Å². The number of likely N-dealkylation sites (tertiary alicyclic amines) is 1. The lowest BCUT2D eigenvalue weighted by atomic mass is 9.91. The van der Waals surface area contributed by atoms with Gasteiger partial charge in [0.2, 0.25) is 0 Å². The third-order valence-corrected chi connectivity index (χ3v) is 5.85. The molecule has 0 bridgehead atoms. The summed E-state index contributed by atoms with van der Waals surface area (Å²) in [5.41, 5.74) is 1.84. The Morgan fingerprint density at radius 2 is 2.19 bits per heavy atom. The first-order valence-corrected chi connectivity index (χ1v) is 9.82. The maximum atomic E-state index is 13.4. The highest BCUT2D eigenvalue weighted by atomic mass is 32.1. The number of carbonyl (C=O) groups is 1. The molecule has 0 unspecified atom stereocenters. The standard InChI is InChI=1S/C19H23F2N3O2S/c1-13-17(27-12-23-13)5-7-22-11-19(26)6-2-8-24(18(19)25)10-14-3-4-15(20)16(21)9-14/h3-4,9,12,22,26H,2,5-8,10-11H2,1H3/t19-/m1/s1. The summed E-state index contributed by atoms with van der Waals surface area (Å²) in [6.45, 7) is 3.40. The van der Waals surface area contributed by atoms with E-state index in [1.165, 1.54) is 15.8 Å². The molecule has 0 radical (unpaired) electrons. The monoisotopic (exact) mass is 395 g/mol. The quantitative estimate of drug-likeness (QED) is 0.707. The number of aromatic nitrogens is 1. The molecule has 146 valence electrons. The minimum atomic E-state index is -1.47. The van der Waals surface area contributed by atoms with Crippen molar-refractivity contribution in [2.75, 3.05) is 19.6 Å². The van der Waals surface area contributed by atoms with Crippen molar-refractivity contribution in [2.45, 2.75) is 38.3 Å². The summed E-state index contributed by atoms with van der Waals surface area (Å²) in [6, 6.07) is 3.59. The number of halogens is 2. The van der Waals surface area contributed by atoms with Crippen LogP contribution in [0.2, 0.25) is 0 Å². The van der Waals surface area contributed by atoms with Gasteiger partial charge in [-0.25, -0.2) is 13.8 Å². The molecular weight excluding hydrogens is 372 g/mol. The molecule has 1 saturated heterocycles. The summed E-state index contributed by atoms with van der Waals surface area (Å²) in [5.74, 6) is -2.23. The van der Waals surface area contributed by atoms with Crippen molar-refractivity contribution in [3.05, 3.63) is 51.5 Å². The number of amides is 1. The molecule has 1 aliphatic rings. The van der Waals surface area contributed by atoms with Gasteiger partial charge in [0.05, 0.1) is 11.2 Å². The average Bonchev–Trinajstić information content (AvgIpc) is 3.04. The molecule has 0 saturated carbocycles. The van der Waals surface area contributed by atoms with Gasteiger partial charge in [-0.3, -0.25) is 4.79 Å². The van der Waals surface area contributed by atoms with Crippen molar-refractivity contribution in [3.8, 4) is 0 Å². The Kier molecular flexibility index (Phi) is 6.18. The fourth-order valence-corrected chi connectivity index (χ4v) is 4.08. The van der Waals surface area contributed by atoms with E-state index in [1.54, 1.807) is 16.8 Å². The van der Waals surface area contributed by atoms with Crippen LogP contribution in [0.25, 0.3) is 0 Å². The molecule has 0 aliphatic carbocycles. The Bertz CT molecular complexity index is 814. The second-order valence-corrected chi connectivity index (χ2v) is 7.84. The lowest BCUT2D eigenvalue weighted by molar-refractivity contribution is -0.157. The molecule has 5 nitrogen and oxygen atoms in total. The molecule has 1 amide bonds. The van der Waals surface area contributed by atoms with E-state index in [0.717, 1.165) is 24.2 Å². The third kappa shape index (κ3) is 4.69. The highest BCUT2D eigenvalue weighted by Gasteiger charge is 2.41. The van der Waals surface area contributed by atoms with Crippen LogP contribution in [0, 0.1) is 18.6 Å². The van der Waals surface area contributed by atoms with Crippen molar-refractivity contribution >= 4 is 17.2 Å². The molecule has 0 spiro atoms. The first-order chi connectivity index (χ1) is 12.9. The Labute approximate surface area is 161 Å². The number of hydrogen-bond acceptors (Lipinski definition) is 5. The molecule has 1 fully saturated rings. The molecule has 1 aromatic carbocycles. The van der Waals surface area contributed by atoms with E-state index in [9.17, 15) is 18.7 Å². The van der Waals surface area contributed by atoms with Gasteiger partial charge in [0.1, 0.15) is 0 Å². The molecule has 2 aromatic rings. The second kappa shape index (κ2) is 8.41. The number of hydrogen-bond donors (Lipinski definition) is 2. The molecule has 1 aromatic heterocycles. The number of benzene rings is 1. The minimum Gasteiger partial charge on any atom is -0.379 e. The van der Waals surface area contributed by atoms with E-state index in [1.807, 2.05) is 6.92 Å². The number of aliphatic hydroxyl groups is 1. The minimum absolute atomic E-state index is 0.151. The number of nitrogens with one attached hydrogen (secondary N) is 1. The van der Waals surface area contributed by atoms with Gasteiger partial charge in [-0.05, 0) is 43.9 Å². The van der Waals surface area contributed by atoms with Gasteiger partial charge < -0.3 is 15.3 Å². The molecular formula is C19H23F2N3O2S. The summed E-state index contributed by atoms with van der Waals surface area (Å²) in [6.07, 6.45) is 1.83. The van der Waals surface area contributed by atoms with E-state index < -0.39 is 17.2 Å². The van der Waals surface area contributed by atoms with Crippen LogP contribution < -0.4 is 5.32 Å². The fourth-order valence-electron chi connectivity index (χ4n) is 3.30. The van der Waals surface area contributed by atoms with Gasteiger partial charge >= 0.3 is 0 Å². The fraction of sp³-hybridized carbons (Fsp3) is 0.474. The van der Waals surface area contributed by atoms with Crippen LogP contribution >= 0.6 is 11.3 Å². The topological polar surface area (TPSA) is 65.5 Å². The van der Waals surface area contributed by atoms with E-state index in [2.05, 4.69) is 10.3 Å². The molecule has 27 heavy (non-hydrogen) atoms. The first kappa shape index (κ1) is 19.9. The average molecular weight is 395 g/mol. The molecule has 1 aliphatic heterocycles. The zero-order chi connectivity index (χ0) is 19.4. The van der Waals surface area contributed by atoms with Gasteiger partial charge in [-0.1, -0.05) is 6.07 Å². The molecule has 3 rings (SSSR count). The maximum Gasteiger partial charge on any atom is 0.256 e. The van der Waals surface area contributed by atoms with Gasteiger partial charge in [-0.15, -0.1) is 11.3 Å².